The van der Waals surface area contributed by atoms with Gasteiger partial charge in [-0.3, -0.25) is 4.79 Å². The van der Waals surface area contributed by atoms with Gasteiger partial charge in [-0.25, -0.2) is 8.78 Å². The average Bonchev–Trinajstić information content (AvgIpc) is 2.38. The molecule has 0 atom stereocenters. The maximum atomic E-state index is 12.4. The summed E-state index contributed by atoms with van der Waals surface area (Å²) in [5.74, 6) is 0.187. The lowest BCUT2D eigenvalue weighted by molar-refractivity contribution is 0.0563. The zero-order valence-electron chi connectivity index (χ0n) is 10.8. The molecule has 0 aromatic heterocycles. The molecule has 19 heavy (non-hydrogen) atoms. The van der Waals surface area contributed by atoms with Gasteiger partial charge < -0.3 is 15.4 Å². The standard InChI is InChI=1S/C13H18F2N2O2/c1-2-19-11-5-3-10(4-6-11)13(18)17(8-7-16)9-12(14)15/h3-6,12H,2,7-9,16H2,1H3. The molecule has 4 nitrogen and oxygen atoms in total. The molecule has 0 radical (unpaired) electrons. The van der Waals surface area contributed by atoms with Gasteiger partial charge in [0.25, 0.3) is 12.3 Å². The summed E-state index contributed by atoms with van der Waals surface area (Å²) in [6.45, 7) is 2.03. The lowest BCUT2D eigenvalue weighted by Crippen LogP contribution is -2.38. The largest absolute Gasteiger partial charge is 0.494 e. The average molecular weight is 272 g/mol. The summed E-state index contributed by atoms with van der Waals surface area (Å²) in [6.07, 6.45) is -2.57. The summed E-state index contributed by atoms with van der Waals surface area (Å²) in [5.41, 5.74) is 5.67. The number of amides is 1. The van der Waals surface area contributed by atoms with Gasteiger partial charge in [0.1, 0.15) is 5.75 Å². The topological polar surface area (TPSA) is 55.6 Å². The van der Waals surface area contributed by atoms with Crippen LogP contribution in [0.2, 0.25) is 0 Å². The SMILES string of the molecule is CCOc1ccc(C(=O)N(CCN)CC(F)F)cc1. The minimum Gasteiger partial charge on any atom is -0.494 e. The molecule has 1 aromatic carbocycles. The molecular weight excluding hydrogens is 254 g/mol. The van der Waals surface area contributed by atoms with E-state index in [0.29, 0.717) is 17.9 Å². The minimum atomic E-state index is -2.57. The van der Waals surface area contributed by atoms with Gasteiger partial charge in [0.15, 0.2) is 0 Å². The second-order valence-corrected chi connectivity index (χ2v) is 3.89. The molecular formula is C13H18F2N2O2. The van der Waals surface area contributed by atoms with Crippen molar-refractivity contribution in [1.82, 2.24) is 4.90 Å². The Kier molecular flexibility index (Phi) is 6.21. The van der Waals surface area contributed by atoms with E-state index in [2.05, 4.69) is 0 Å². The Hall–Kier alpha value is -1.69. The molecule has 0 spiro atoms. The van der Waals surface area contributed by atoms with Crippen LogP contribution in [0, 0.1) is 0 Å². The molecule has 6 heteroatoms. The Labute approximate surface area is 111 Å². The van der Waals surface area contributed by atoms with E-state index in [0.717, 1.165) is 4.90 Å². The lowest BCUT2D eigenvalue weighted by Gasteiger charge is -2.21. The van der Waals surface area contributed by atoms with E-state index in [9.17, 15) is 13.6 Å². The van der Waals surface area contributed by atoms with Crippen LogP contribution in [0.4, 0.5) is 8.78 Å². The number of carbonyl (C=O) groups is 1. The maximum Gasteiger partial charge on any atom is 0.255 e. The predicted octanol–water partition coefficient (Wildman–Crippen LogP) is 1.75. The summed E-state index contributed by atoms with van der Waals surface area (Å²) in [6, 6.07) is 6.39. The van der Waals surface area contributed by atoms with Crippen molar-refractivity contribution in [3.63, 3.8) is 0 Å². The summed E-state index contributed by atoms with van der Waals surface area (Å²) in [7, 11) is 0. The fourth-order valence-corrected chi connectivity index (χ4v) is 1.64. The highest BCUT2D eigenvalue weighted by Gasteiger charge is 2.18. The molecule has 0 aliphatic carbocycles. The molecule has 0 unspecified atom stereocenters. The number of ether oxygens (including phenoxy) is 1. The predicted molar refractivity (Wildman–Crippen MR) is 68.6 cm³/mol. The molecule has 2 N–H and O–H groups in total. The molecule has 0 bridgehead atoms. The highest BCUT2D eigenvalue weighted by atomic mass is 19.3. The smallest absolute Gasteiger partial charge is 0.255 e. The second kappa shape index (κ2) is 7.68. The second-order valence-electron chi connectivity index (χ2n) is 3.89. The van der Waals surface area contributed by atoms with Gasteiger partial charge in [-0.15, -0.1) is 0 Å². The third-order valence-corrected chi connectivity index (χ3v) is 2.46. The lowest BCUT2D eigenvalue weighted by atomic mass is 10.2. The van der Waals surface area contributed by atoms with Crippen molar-refractivity contribution in [2.75, 3.05) is 26.2 Å². The first-order valence-electron chi connectivity index (χ1n) is 6.08. The number of nitrogens with zero attached hydrogens (tertiary/aromatic N) is 1. The van der Waals surface area contributed by atoms with Crippen LogP contribution in [0.15, 0.2) is 24.3 Å². The Balaban J connectivity index is 2.77. The van der Waals surface area contributed by atoms with Crippen molar-refractivity contribution in [3.8, 4) is 5.75 Å². The first-order valence-corrected chi connectivity index (χ1v) is 6.08. The highest BCUT2D eigenvalue weighted by Crippen LogP contribution is 2.14. The fourth-order valence-electron chi connectivity index (χ4n) is 1.64. The molecule has 1 amide bonds. The van der Waals surface area contributed by atoms with E-state index in [-0.39, 0.29) is 13.1 Å². The summed E-state index contributed by atoms with van der Waals surface area (Å²) in [5, 5.41) is 0. The van der Waals surface area contributed by atoms with Crippen molar-refractivity contribution < 1.29 is 18.3 Å². The number of hydrogen-bond donors (Lipinski definition) is 1. The van der Waals surface area contributed by atoms with E-state index in [1.165, 1.54) is 0 Å². The monoisotopic (exact) mass is 272 g/mol. The van der Waals surface area contributed by atoms with Crippen LogP contribution in [0.3, 0.4) is 0 Å². The van der Waals surface area contributed by atoms with Crippen LogP contribution in [-0.4, -0.2) is 43.5 Å². The van der Waals surface area contributed by atoms with E-state index in [4.69, 9.17) is 10.5 Å². The van der Waals surface area contributed by atoms with Gasteiger partial charge in [0, 0.05) is 18.7 Å². The molecule has 0 aliphatic heterocycles. The van der Waals surface area contributed by atoms with Gasteiger partial charge in [-0.05, 0) is 31.2 Å². The molecule has 0 fully saturated rings. The Morgan fingerprint density at radius 2 is 2.00 bits per heavy atom. The Bertz CT molecular complexity index is 396. The normalized spacial score (nSPS) is 10.6. The Morgan fingerprint density at radius 1 is 1.37 bits per heavy atom. The van der Waals surface area contributed by atoms with Gasteiger partial charge in [-0.1, -0.05) is 0 Å². The van der Waals surface area contributed by atoms with Crippen LogP contribution in [0.1, 0.15) is 17.3 Å². The Morgan fingerprint density at radius 3 is 2.47 bits per heavy atom. The van der Waals surface area contributed by atoms with Crippen molar-refractivity contribution in [3.05, 3.63) is 29.8 Å². The van der Waals surface area contributed by atoms with Crippen molar-refractivity contribution in [2.24, 2.45) is 5.73 Å². The van der Waals surface area contributed by atoms with Crippen molar-refractivity contribution in [1.29, 1.82) is 0 Å². The molecule has 0 saturated carbocycles. The van der Waals surface area contributed by atoms with Crippen LogP contribution in [-0.2, 0) is 0 Å². The molecule has 1 aromatic rings. The zero-order valence-corrected chi connectivity index (χ0v) is 10.8. The van der Waals surface area contributed by atoms with Crippen LogP contribution >= 0.6 is 0 Å². The molecule has 0 aliphatic rings. The van der Waals surface area contributed by atoms with Crippen LogP contribution in [0.5, 0.6) is 5.75 Å². The maximum absolute atomic E-state index is 12.4. The van der Waals surface area contributed by atoms with E-state index in [1.54, 1.807) is 24.3 Å². The third-order valence-electron chi connectivity index (χ3n) is 2.46. The quantitative estimate of drug-likeness (QED) is 0.822. The van der Waals surface area contributed by atoms with E-state index >= 15 is 0 Å². The summed E-state index contributed by atoms with van der Waals surface area (Å²) >= 11 is 0. The minimum absolute atomic E-state index is 0.108. The third kappa shape index (κ3) is 4.82. The highest BCUT2D eigenvalue weighted by molar-refractivity contribution is 5.94. The number of carbonyl (C=O) groups excluding carboxylic acids is 1. The molecule has 0 saturated heterocycles. The first kappa shape index (κ1) is 15.4. The van der Waals surface area contributed by atoms with Gasteiger partial charge in [0.2, 0.25) is 0 Å². The first-order chi connectivity index (χ1) is 9.08. The number of halogens is 2. The zero-order chi connectivity index (χ0) is 14.3. The fraction of sp³-hybridized carbons (Fsp3) is 0.462. The number of alkyl halides is 2. The number of rotatable bonds is 7. The molecule has 1 rings (SSSR count). The number of nitrogens with two attached hydrogens (primary N) is 1. The molecule has 0 heterocycles. The number of benzene rings is 1. The van der Waals surface area contributed by atoms with E-state index < -0.39 is 18.9 Å². The van der Waals surface area contributed by atoms with Crippen LogP contribution < -0.4 is 10.5 Å². The van der Waals surface area contributed by atoms with E-state index in [1.807, 2.05) is 6.92 Å². The van der Waals surface area contributed by atoms with Gasteiger partial charge in [0.05, 0.1) is 13.2 Å². The van der Waals surface area contributed by atoms with Crippen LogP contribution in [0.25, 0.3) is 0 Å². The molecule has 106 valence electrons. The van der Waals surface area contributed by atoms with Crippen molar-refractivity contribution >= 4 is 5.91 Å². The van der Waals surface area contributed by atoms with Gasteiger partial charge >= 0.3 is 0 Å². The summed E-state index contributed by atoms with van der Waals surface area (Å²) < 4.78 is 30.0. The van der Waals surface area contributed by atoms with Gasteiger partial charge in [-0.2, -0.15) is 0 Å². The van der Waals surface area contributed by atoms with Crippen molar-refractivity contribution in [2.45, 2.75) is 13.3 Å². The summed E-state index contributed by atoms with van der Waals surface area (Å²) in [4.78, 5) is 13.1. The number of hydrogen-bond acceptors (Lipinski definition) is 3.